The molecule has 0 aromatic heterocycles. The van der Waals surface area contributed by atoms with E-state index < -0.39 is 0 Å². The molecule has 0 amide bonds. The summed E-state index contributed by atoms with van der Waals surface area (Å²) in [5, 5.41) is 11.0. The van der Waals surface area contributed by atoms with Gasteiger partial charge in [-0.05, 0) is 118 Å². The Hall–Kier alpha value is -1.60. The van der Waals surface area contributed by atoms with Crippen LogP contribution in [-0.4, -0.2) is 11.2 Å². The van der Waals surface area contributed by atoms with Crippen LogP contribution in [0, 0.1) is 40.4 Å². The van der Waals surface area contributed by atoms with E-state index in [-0.39, 0.29) is 11.5 Å². The average Bonchev–Trinajstić information content (AvgIpc) is 3.56. The van der Waals surface area contributed by atoms with Gasteiger partial charge in [0.05, 0.1) is 6.10 Å². The minimum atomic E-state index is -0.368. The Morgan fingerprint density at radius 3 is 2.56 bits per heavy atom. The Kier molecular flexibility index (Phi) is 8.40. The molecule has 0 heterocycles. The second-order valence-electron chi connectivity index (χ2n) is 13.3. The summed E-state index contributed by atoms with van der Waals surface area (Å²) < 4.78 is 0. The topological polar surface area (TPSA) is 20.2 Å². The van der Waals surface area contributed by atoms with Gasteiger partial charge < -0.3 is 5.11 Å². The van der Waals surface area contributed by atoms with Crippen molar-refractivity contribution in [3.8, 4) is 0 Å². The highest BCUT2D eigenvalue weighted by Crippen LogP contribution is 2.60. The molecule has 36 heavy (non-hydrogen) atoms. The molecule has 198 valence electrons. The molecule has 4 rings (SSSR count). The third kappa shape index (κ3) is 5.62. The summed E-state index contributed by atoms with van der Waals surface area (Å²) in [6.07, 6.45) is 26.8. The minimum Gasteiger partial charge on any atom is -0.388 e. The van der Waals surface area contributed by atoms with Crippen molar-refractivity contribution in [2.45, 2.75) is 105 Å². The zero-order valence-electron chi connectivity index (χ0n) is 24.0. The fourth-order valence-electron chi connectivity index (χ4n) is 7.88. The van der Waals surface area contributed by atoms with Crippen molar-refractivity contribution < 1.29 is 5.11 Å². The monoisotopic (exact) mass is 488 g/mol. The van der Waals surface area contributed by atoms with Gasteiger partial charge in [0.1, 0.15) is 0 Å². The number of fused-ring (bicyclic) bond motifs is 1. The molecule has 4 fully saturated rings. The molecule has 0 bridgehead atoms. The summed E-state index contributed by atoms with van der Waals surface area (Å²) >= 11 is 0. The fourth-order valence-corrected chi connectivity index (χ4v) is 7.88. The molecule has 1 unspecified atom stereocenters. The van der Waals surface area contributed by atoms with Gasteiger partial charge >= 0.3 is 0 Å². The molecule has 4 aliphatic carbocycles. The molecular formula is C35H52O. The first-order valence-corrected chi connectivity index (χ1v) is 14.9. The fraction of sp³-hybridized carbons (Fsp3) is 0.657. The zero-order chi connectivity index (χ0) is 26.1. The van der Waals surface area contributed by atoms with Crippen LogP contribution in [0.1, 0.15) is 99.3 Å². The summed E-state index contributed by atoms with van der Waals surface area (Å²) in [6, 6.07) is 0. The lowest BCUT2D eigenvalue weighted by atomic mass is 9.61. The molecule has 1 heteroatoms. The maximum atomic E-state index is 11.0. The highest BCUT2D eigenvalue weighted by molar-refractivity contribution is 5.37. The second kappa shape index (κ2) is 11.0. The first-order chi connectivity index (χ1) is 17.1. The van der Waals surface area contributed by atoms with E-state index in [9.17, 15) is 5.11 Å². The van der Waals surface area contributed by atoms with Crippen molar-refractivity contribution in [1.29, 1.82) is 0 Å². The van der Waals surface area contributed by atoms with E-state index in [1.165, 1.54) is 61.7 Å². The first-order valence-electron chi connectivity index (χ1n) is 14.9. The van der Waals surface area contributed by atoms with Gasteiger partial charge in [0.15, 0.2) is 0 Å². The third-order valence-electron chi connectivity index (χ3n) is 10.6. The van der Waals surface area contributed by atoms with E-state index >= 15 is 0 Å². The van der Waals surface area contributed by atoms with Crippen molar-refractivity contribution >= 4 is 0 Å². The zero-order valence-corrected chi connectivity index (χ0v) is 24.0. The number of allylic oxidation sites excluding steroid dienone is 9. The summed E-state index contributed by atoms with van der Waals surface area (Å²) in [5.74, 6) is 3.29. The molecule has 1 N–H and O–H groups in total. The molecule has 1 nitrogen and oxygen atoms in total. The van der Waals surface area contributed by atoms with Gasteiger partial charge in [-0.25, -0.2) is 0 Å². The van der Waals surface area contributed by atoms with Gasteiger partial charge in [0, 0.05) is 5.41 Å². The SMILES string of the molecule is C=C1/C(=C\C=C2/CCC[C@]3(C)[C@@H]([C@H](C)/C=C/C(O)C4(C=CC(C)=CC)CC4)CC[C@@H]23)C[C@@H](C)C[C@@H]1C. The van der Waals surface area contributed by atoms with Crippen LogP contribution in [0.4, 0.5) is 0 Å². The Morgan fingerprint density at radius 2 is 1.86 bits per heavy atom. The predicted octanol–water partition coefficient (Wildman–Crippen LogP) is 9.53. The Labute approximate surface area is 222 Å². The molecule has 0 spiro atoms. The van der Waals surface area contributed by atoms with Crippen LogP contribution in [0.2, 0.25) is 0 Å². The molecule has 4 aliphatic rings. The van der Waals surface area contributed by atoms with Crippen molar-refractivity contribution in [1.82, 2.24) is 0 Å². The van der Waals surface area contributed by atoms with Crippen LogP contribution >= 0.6 is 0 Å². The van der Waals surface area contributed by atoms with Crippen molar-refractivity contribution in [2.24, 2.45) is 40.4 Å². The van der Waals surface area contributed by atoms with Crippen molar-refractivity contribution in [3.63, 3.8) is 0 Å². The molecular weight excluding hydrogens is 436 g/mol. The van der Waals surface area contributed by atoms with Crippen molar-refractivity contribution in [2.75, 3.05) is 0 Å². The van der Waals surface area contributed by atoms with E-state index in [1.54, 1.807) is 5.57 Å². The standard InChI is InChI=1S/C35H52O/c1-8-24(2)17-19-35(20-21-35)33(36)16-11-26(4)31-14-15-32-29(10-9-18-34(31,32)7)12-13-30-23-25(3)22-27(5)28(30)6/h8,11-13,16-17,19,25-27,31-33,36H,6,9-10,14-15,18,20-23H2,1-5,7H3/b16-11+,19-17?,24-8?,29-12+,30-13-/t25-,26+,27-,31+,32-,33?,34+/m0/s1. The van der Waals surface area contributed by atoms with Crippen molar-refractivity contribution in [3.05, 3.63) is 71.4 Å². The maximum absolute atomic E-state index is 11.0. The van der Waals surface area contributed by atoms with Crippen LogP contribution in [0.25, 0.3) is 0 Å². The van der Waals surface area contributed by atoms with Gasteiger partial charge in [0.2, 0.25) is 0 Å². The smallest absolute Gasteiger partial charge is 0.0811 e. The summed E-state index contributed by atoms with van der Waals surface area (Å²) in [4.78, 5) is 0. The van der Waals surface area contributed by atoms with Crippen LogP contribution in [-0.2, 0) is 0 Å². The highest BCUT2D eigenvalue weighted by atomic mass is 16.3. The molecule has 0 aromatic rings. The first kappa shape index (κ1) is 27.4. The lowest BCUT2D eigenvalue weighted by Crippen LogP contribution is -2.35. The summed E-state index contributed by atoms with van der Waals surface area (Å²) in [5.41, 5.74) is 6.17. The number of rotatable bonds is 7. The third-order valence-corrected chi connectivity index (χ3v) is 10.6. The maximum Gasteiger partial charge on any atom is 0.0811 e. The summed E-state index contributed by atoms with van der Waals surface area (Å²) in [7, 11) is 0. The predicted molar refractivity (Wildman–Crippen MR) is 156 cm³/mol. The van der Waals surface area contributed by atoms with Gasteiger partial charge in [0.25, 0.3) is 0 Å². The van der Waals surface area contributed by atoms with Gasteiger partial charge in [-0.2, -0.15) is 0 Å². The van der Waals surface area contributed by atoms with Gasteiger partial charge in [-0.1, -0.05) is 88.0 Å². The van der Waals surface area contributed by atoms with Gasteiger partial charge in [-0.3, -0.25) is 0 Å². The number of aliphatic hydroxyl groups excluding tert-OH is 1. The van der Waals surface area contributed by atoms with E-state index in [2.05, 4.69) is 90.7 Å². The highest BCUT2D eigenvalue weighted by Gasteiger charge is 2.50. The Morgan fingerprint density at radius 1 is 1.11 bits per heavy atom. The lowest BCUT2D eigenvalue weighted by Gasteiger charge is -2.44. The van der Waals surface area contributed by atoms with Crippen LogP contribution in [0.15, 0.2) is 71.4 Å². The quantitative estimate of drug-likeness (QED) is 0.279. The van der Waals surface area contributed by atoms with Crippen LogP contribution in [0.3, 0.4) is 0 Å². The Bertz CT molecular complexity index is 967. The molecule has 0 radical (unpaired) electrons. The number of hydrogen-bond donors (Lipinski definition) is 1. The van der Waals surface area contributed by atoms with Gasteiger partial charge in [-0.15, -0.1) is 0 Å². The molecule has 0 aliphatic heterocycles. The largest absolute Gasteiger partial charge is 0.388 e. The molecule has 4 saturated carbocycles. The Balaban J connectivity index is 1.45. The van der Waals surface area contributed by atoms with Crippen LogP contribution in [0.5, 0.6) is 0 Å². The average molecular weight is 489 g/mol. The van der Waals surface area contributed by atoms with E-state index in [0.717, 1.165) is 18.8 Å². The van der Waals surface area contributed by atoms with E-state index in [4.69, 9.17) is 0 Å². The van der Waals surface area contributed by atoms with E-state index in [1.807, 2.05) is 0 Å². The summed E-state index contributed by atoms with van der Waals surface area (Å²) in [6.45, 7) is 18.3. The lowest BCUT2D eigenvalue weighted by molar-refractivity contribution is 0.111. The number of hydrogen-bond acceptors (Lipinski definition) is 1. The molecule has 0 aromatic carbocycles. The normalized spacial score (nSPS) is 38.8. The minimum absolute atomic E-state index is 0.0328. The molecule has 0 saturated heterocycles. The van der Waals surface area contributed by atoms with E-state index in [0.29, 0.717) is 29.1 Å². The molecule has 7 atom stereocenters. The number of aliphatic hydroxyl groups is 1. The second-order valence-corrected chi connectivity index (χ2v) is 13.3. The van der Waals surface area contributed by atoms with Crippen LogP contribution < -0.4 is 0 Å².